The van der Waals surface area contributed by atoms with Crippen molar-refractivity contribution in [1.82, 2.24) is 18.7 Å². The molecule has 0 aliphatic rings. The molecule has 116 valence electrons. The second-order valence-corrected chi connectivity index (χ2v) is 5.19. The van der Waals surface area contributed by atoms with Gasteiger partial charge in [0, 0.05) is 27.2 Å². The van der Waals surface area contributed by atoms with E-state index in [0.717, 1.165) is 30.4 Å². The summed E-state index contributed by atoms with van der Waals surface area (Å²) < 4.78 is 4.38. The molecule has 21 heavy (non-hydrogen) atoms. The lowest BCUT2D eigenvalue weighted by molar-refractivity contribution is 0.699. The lowest BCUT2D eigenvalue weighted by Gasteiger charge is -2.08. The Balaban J connectivity index is 2.54. The molecular weight excluding hydrogens is 270 g/mol. The first-order chi connectivity index (χ1) is 10.0. The maximum Gasteiger partial charge on any atom is 0.332 e. The van der Waals surface area contributed by atoms with Crippen molar-refractivity contribution in [3.05, 3.63) is 20.8 Å². The second kappa shape index (κ2) is 6.15. The number of hydrogen-bond acceptors (Lipinski definition) is 4. The van der Waals surface area contributed by atoms with Gasteiger partial charge in [-0.1, -0.05) is 19.8 Å². The SMILES string of the molecule is CCCCCNc1nc2c(c(=O)n(C)c(=O)n2C)n1CC. The zero-order valence-electron chi connectivity index (χ0n) is 13.1. The zero-order valence-corrected chi connectivity index (χ0v) is 13.1. The summed E-state index contributed by atoms with van der Waals surface area (Å²) in [5.41, 5.74) is 0.248. The van der Waals surface area contributed by atoms with Crippen LogP contribution < -0.4 is 16.6 Å². The van der Waals surface area contributed by atoms with E-state index in [9.17, 15) is 9.59 Å². The summed E-state index contributed by atoms with van der Waals surface area (Å²) in [6, 6.07) is 0. The van der Waals surface area contributed by atoms with Crippen molar-refractivity contribution in [2.24, 2.45) is 14.1 Å². The molecule has 0 aliphatic carbocycles. The Labute approximate surface area is 123 Å². The van der Waals surface area contributed by atoms with Gasteiger partial charge < -0.3 is 9.88 Å². The van der Waals surface area contributed by atoms with Crippen LogP contribution in [0.15, 0.2) is 9.59 Å². The highest BCUT2D eigenvalue weighted by Crippen LogP contribution is 2.15. The fourth-order valence-corrected chi connectivity index (χ4v) is 2.46. The van der Waals surface area contributed by atoms with Gasteiger partial charge in [-0.2, -0.15) is 4.98 Å². The predicted molar refractivity (Wildman–Crippen MR) is 83.9 cm³/mol. The summed E-state index contributed by atoms with van der Waals surface area (Å²) in [5.74, 6) is 0.655. The minimum atomic E-state index is -0.356. The Morgan fingerprint density at radius 3 is 2.43 bits per heavy atom. The average molecular weight is 293 g/mol. The fourth-order valence-electron chi connectivity index (χ4n) is 2.46. The smallest absolute Gasteiger partial charge is 0.332 e. The Kier molecular flexibility index (Phi) is 4.50. The molecule has 0 radical (unpaired) electrons. The molecule has 0 saturated heterocycles. The van der Waals surface area contributed by atoms with Crippen LogP contribution in [0, 0.1) is 0 Å². The van der Waals surface area contributed by atoms with Crippen LogP contribution in [-0.2, 0) is 20.6 Å². The number of aryl methyl sites for hydroxylation is 2. The molecule has 0 bridgehead atoms. The van der Waals surface area contributed by atoms with Gasteiger partial charge in [0.2, 0.25) is 5.95 Å². The van der Waals surface area contributed by atoms with Crippen LogP contribution in [0.3, 0.4) is 0 Å². The van der Waals surface area contributed by atoms with Gasteiger partial charge in [0.1, 0.15) is 0 Å². The molecule has 0 amide bonds. The van der Waals surface area contributed by atoms with Crippen molar-refractivity contribution in [1.29, 1.82) is 0 Å². The van der Waals surface area contributed by atoms with E-state index in [-0.39, 0.29) is 11.2 Å². The van der Waals surface area contributed by atoms with E-state index in [0.29, 0.717) is 23.7 Å². The van der Waals surface area contributed by atoms with Crippen LogP contribution in [0.2, 0.25) is 0 Å². The molecule has 0 aliphatic heterocycles. The van der Waals surface area contributed by atoms with Crippen molar-refractivity contribution in [3.8, 4) is 0 Å². The van der Waals surface area contributed by atoms with Crippen LogP contribution in [0.25, 0.3) is 11.2 Å². The first kappa shape index (κ1) is 15.3. The Bertz CT molecular complexity index is 753. The molecular formula is C14H23N5O2. The number of unbranched alkanes of at least 4 members (excludes halogenated alkanes) is 2. The molecule has 1 N–H and O–H groups in total. The number of nitrogens with one attached hydrogen (secondary N) is 1. The summed E-state index contributed by atoms with van der Waals surface area (Å²) in [6.45, 7) is 5.55. The van der Waals surface area contributed by atoms with Crippen molar-refractivity contribution in [2.75, 3.05) is 11.9 Å². The monoisotopic (exact) mass is 293 g/mol. The number of rotatable bonds is 6. The number of hydrogen-bond donors (Lipinski definition) is 1. The van der Waals surface area contributed by atoms with Gasteiger partial charge >= 0.3 is 5.69 Å². The maximum absolute atomic E-state index is 12.3. The molecule has 0 fully saturated rings. The van der Waals surface area contributed by atoms with Crippen molar-refractivity contribution in [2.45, 2.75) is 39.7 Å². The van der Waals surface area contributed by atoms with E-state index in [2.05, 4.69) is 17.2 Å². The molecule has 2 aromatic heterocycles. The standard InChI is InChI=1S/C14H23N5O2/c1-5-7-8-9-15-13-16-11-10(19(13)6-2)12(20)18(4)14(21)17(11)3/h5-9H2,1-4H3,(H,15,16). The summed E-state index contributed by atoms with van der Waals surface area (Å²) in [5, 5.41) is 3.27. The quantitative estimate of drug-likeness (QED) is 0.808. The molecule has 0 unspecified atom stereocenters. The van der Waals surface area contributed by atoms with Gasteiger partial charge in [-0.3, -0.25) is 13.9 Å². The fraction of sp³-hybridized carbons (Fsp3) is 0.643. The summed E-state index contributed by atoms with van der Waals surface area (Å²) >= 11 is 0. The number of anilines is 1. The minimum Gasteiger partial charge on any atom is -0.356 e. The Hall–Kier alpha value is -2.05. The molecule has 0 spiro atoms. The molecule has 0 atom stereocenters. The van der Waals surface area contributed by atoms with Crippen molar-refractivity contribution >= 4 is 17.1 Å². The first-order valence-electron chi connectivity index (χ1n) is 7.43. The molecule has 0 aromatic carbocycles. The summed E-state index contributed by atoms with van der Waals surface area (Å²) in [4.78, 5) is 28.7. The van der Waals surface area contributed by atoms with Gasteiger partial charge in [0.05, 0.1) is 0 Å². The summed E-state index contributed by atoms with van der Waals surface area (Å²) in [7, 11) is 3.13. The maximum atomic E-state index is 12.3. The number of aromatic nitrogens is 4. The second-order valence-electron chi connectivity index (χ2n) is 5.19. The van der Waals surface area contributed by atoms with E-state index in [1.165, 1.54) is 11.6 Å². The topological polar surface area (TPSA) is 73.8 Å². The number of fused-ring (bicyclic) bond motifs is 1. The molecule has 7 nitrogen and oxygen atoms in total. The van der Waals surface area contributed by atoms with Crippen molar-refractivity contribution in [3.63, 3.8) is 0 Å². The van der Waals surface area contributed by atoms with Crippen LogP contribution in [0.4, 0.5) is 5.95 Å². The zero-order chi connectivity index (χ0) is 15.6. The van der Waals surface area contributed by atoms with Gasteiger partial charge in [-0.05, 0) is 13.3 Å². The number of imidazole rings is 1. The van der Waals surface area contributed by atoms with Crippen molar-refractivity contribution < 1.29 is 0 Å². The largest absolute Gasteiger partial charge is 0.356 e. The molecule has 7 heteroatoms. The van der Waals surface area contributed by atoms with E-state index < -0.39 is 0 Å². The minimum absolute atomic E-state index is 0.302. The van der Waals surface area contributed by atoms with Gasteiger partial charge in [0.25, 0.3) is 5.56 Å². The highest BCUT2D eigenvalue weighted by Gasteiger charge is 2.17. The third-order valence-electron chi connectivity index (χ3n) is 3.73. The van der Waals surface area contributed by atoms with Gasteiger partial charge in [-0.15, -0.1) is 0 Å². The molecule has 2 rings (SSSR count). The molecule has 2 heterocycles. The summed E-state index contributed by atoms with van der Waals surface area (Å²) in [6.07, 6.45) is 3.36. The van der Waals surface area contributed by atoms with E-state index >= 15 is 0 Å². The molecule has 2 aromatic rings. The van der Waals surface area contributed by atoms with Crippen LogP contribution in [0.5, 0.6) is 0 Å². The Morgan fingerprint density at radius 2 is 1.81 bits per heavy atom. The highest BCUT2D eigenvalue weighted by molar-refractivity contribution is 5.74. The van der Waals surface area contributed by atoms with Crippen LogP contribution >= 0.6 is 0 Å². The van der Waals surface area contributed by atoms with Gasteiger partial charge in [0.15, 0.2) is 11.2 Å². The van der Waals surface area contributed by atoms with Gasteiger partial charge in [-0.25, -0.2) is 4.79 Å². The third-order valence-corrected chi connectivity index (χ3v) is 3.73. The van der Waals surface area contributed by atoms with E-state index in [4.69, 9.17) is 0 Å². The normalized spacial score (nSPS) is 11.2. The van der Waals surface area contributed by atoms with Crippen LogP contribution in [0.1, 0.15) is 33.1 Å². The first-order valence-corrected chi connectivity index (χ1v) is 7.43. The third kappa shape index (κ3) is 2.59. The lowest BCUT2D eigenvalue weighted by atomic mass is 10.2. The lowest BCUT2D eigenvalue weighted by Crippen LogP contribution is -2.37. The Morgan fingerprint density at radius 1 is 1.10 bits per heavy atom. The highest BCUT2D eigenvalue weighted by atomic mass is 16.2. The van der Waals surface area contributed by atoms with E-state index in [1.807, 2.05) is 11.5 Å². The molecule has 0 saturated carbocycles. The van der Waals surface area contributed by atoms with E-state index in [1.54, 1.807) is 7.05 Å². The van der Waals surface area contributed by atoms with Crippen LogP contribution in [-0.4, -0.2) is 25.2 Å². The number of nitrogens with zero attached hydrogens (tertiary/aromatic N) is 4. The predicted octanol–water partition coefficient (Wildman–Crippen LogP) is 1.06. The average Bonchev–Trinajstić information content (AvgIpc) is 2.86.